The first-order chi connectivity index (χ1) is 18.2. The van der Waals surface area contributed by atoms with Crippen molar-refractivity contribution in [2.45, 2.75) is 51.1 Å². The van der Waals surface area contributed by atoms with Crippen LogP contribution in [0.2, 0.25) is 0 Å². The molecule has 2 aromatic carbocycles. The minimum Gasteiger partial charge on any atom is -0.494 e. The van der Waals surface area contributed by atoms with Crippen LogP contribution in [0.25, 0.3) is 22.5 Å². The van der Waals surface area contributed by atoms with Crippen LogP contribution < -0.4 is 0 Å². The minimum absolute atomic E-state index is 0.0634. The number of aryl methyl sites for hydroxylation is 1. The number of hydrogen-bond donors (Lipinski definition) is 3. The number of imidazole rings is 1. The lowest BCUT2D eigenvalue weighted by Gasteiger charge is -2.34. The number of nitrogens with zero attached hydrogens (tertiary/aromatic N) is 6. The number of H-pyrrole nitrogens is 1. The van der Waals surface area contributed by atoms with Crippen molar-refractivity contribution in [3.8, 4) is 34.3 Å². The molecule has 0 bridgehead atoms. The zero-order chi connectivity index (χ0) is 25.4. The molecule has 5 aromatic rings. The van der Waals surface area contributed by atoms with Gasteiger partial charge < -0.3 is 14.8 Å². The summed E-state index contributed by atoms with van der Waals surface area (Å²) in [4.78, 5) is 4.80. The first kappa shape index (κ1) is 23.0. The van der Waals surface area contributed by atoms with Gasteiger partial charge in [0, 0.05) is 24.1 Å². The number of tetrazole rings is 1. The predicted molar refractivity (Wildman–Crippen MR) is 139 cm³/mol. The van der Waals surface area contributed by atoms with Crippen molar-refractivity contribution in [3.05, 3.63) is 83.9 Å². The summed E-state index contributed by atoms with van der Waals surface area (Å²) >= 11 is 0. The summed E-state index contributed by atoms with van der Waals surface area (Å²) in [5.74, 6) is 1.74. The smallest absolute Gasteiger partial charge is 0.205 e. The quantitative estimate of drug-likeness (QED) is 0.284. The number of aromatic amines is 1. The summed E-state index contributed by atoms with van der Waals surface area (Å²) in [6, 6.07) is 19.7. The molecule has 1 aliphatic rings. The molecule has 2 unspecified atom stereocenters. The standard InChI is InChI=1S/C28H29N7O2/c1-2-3-8-25-29-17-24-23(35-26(36)15-16-27(35)37)14-13-22(34(24)25)19-11-9-18(10-12-19)20-6-4-5-7-21(20)28-30-32-33-31-28/h4-7,9-12,15-17,22-23,36-37H,2-3,8,13-14H2,1H3,(H,30,31,32,33). The Labute approximate surface area is 214 Å². The maximum absolute atomic E-state index is 10.4. The second kappa shape index (κ2) is 9.57. The average Bonchev–Trinajstić information content (AvgIpc) is 3.68. The predicted octanol–water partition coefficient (Wildman–Crippen LogP) is 5.26. The van der Waals surface area contributed by atoms with Crippen molar-refractivity contribution in [2.24, 2.45) is 0 Å². The summed E-state index contributed by atoms with van der Waals surface area (Å²) in [5, 5.41) is 35.4. The van der Waals surface area contributed by atoms with E-state index in [-0.39, 0.29) is 23.8 Å². The summed E-state index contributed by atoms with van der Waals surface area (Å²) in [6.45, 7) is 2.18. The van der Waals surface area contributed by atoms with Gasteiger partial charge >= 0.3 is 0 Å². The molecule has 0 saturated heterocycles. The Morgan fingerprint density at radius 3 is 2.32 bits per heavy atom. The van der Waals surface area contributed by atoms with Gasteiger partial charge in [-0.15, -0.1) is 10.2 Å². The van der Waals surface area contributed by atoms with Crippen molar-refractivity contribution < 1.29 is 10.2 Å². The molecule has 0 radical (unpaired) electrons. The molecule has 0 aliphatic carbocycles. The van der Waals surface area contributed by atoms with Crippen molar-refractivity contribution in [2.75, 3.05) is 0 Å². The number of rotatable bonds is 7. The first-order valence-corrected chi connectivity index (χ1v) is 12.7. The van der Waals surface area contributed by atoms with Gasteiger partial charge in [-0.2, -0.15) is 5.21 Å². The maximum Gasteiger partial charge on any atom is 0.205 e. The van der Waals surface area contributed by atoms with Gasteiger partial charge in [-0.05, 0) is 41.2 Å². The molecule has 3 N–H and O–H groups in total. The van der Waals surface area contributed by atoms with Crippen LogP contribution in [0.5, 0.6) is 11.8 Å². The molecule has 4 heterocycles. The van der Waals surface area contributed by atoms with E-state index in [1.165, 1.54) is 17.7 Å². The van der Waals surface area contributed by atoms with Gasteiger partial charge in [0.05, 0.1) is 24.0 Å². The van der Waals surface area contributed by atoms with Gasteiger partial charge in [-0.1, -0.05) is 61.9 Å². The Balaban J connectivity index is 1.37. The van der Waals surface area contributed by atoms with Crippen LogP contribution in [0.15, 0.2) is 66.9 Å². The molecule has 0 saturated carbocycles. The molecule has 0 amide bonds. The summed E-state index contributed by atoms with van der Waals surface area (Å²) < 4.78 is 3.93. The summed E-state index contributed by atoms with van der Waals surface area (Å²) in [5.41, 5.74) is 5.27. The van der Waals surface area contributed by atoms with E-state index in [1.807, 2.05) is 24.4 Å². The monoisotopic (exact) mass is 495 g/mol. The highest BCUT2D eigenvalue weighted by atomic mass is 16.3. The van der Waals surface area contributed by atoms with E-state index in [9.17, 15) is 10.2 Å². The average molecular weight is 496 g/mol. The highest BCUT2D eigenvalue weighted by molar-refractivity contribution is 5.80. The molecule has 9 heteroatoms. The maximum atomic E-state index is 10.4. The third-order valence-electron chi connectivity index (χ3n) is 7.33. The molecule has 0 fully saturated rings. The molecule has 0 spiro atoms. The van der Waals surface area contributed by atoms with Crippen LogP contribution in [0.1, 0.15) is 61.8 Å². The Hall–Kier alpha value is -4.40. The molecular formula is C28H29N7O2. The summed E-state index contributed by atoms with van der Waals surface area (Å²) in [7, 11) is 0. The van der Waals surface area contributed by atoms with Crippen LogP contribution in [-0.4, -0.2) is 45.0 Å². The molecule has 37 heavy (non-hydrogen) atoms. The fourth-order valence-electron chi connectivity index (χ4n) is 5.55. The van der Waals surface area contributed by atoms with Crippen molar-refractivity contribution in [1.29, 1.82) is 0 Å². The van der Waals surface area contributed by atoms with Crippen molar-refractivity contribution in [1.82, 2.24) is 34.7 Å². The number of benzene rings is 2. The molecule has 188 valence electrons. The zero-order valence-electron chi connectivity index (χ0n) is 20.6. The molecule has 1 aliphatic heterocycles. The third kappa shape index (κ3) is 4.06. The van der Waals surface area contributed by atoms with E-state index < -0.39 is 0 Å². The Morgan fingerprint density at radius 1 is 0.892 bits per heavy atom. The van der Waals surface area contributed by atoms with Gasteiger partial charge in [0.2, 0.25) is 5.82 Å². The van der Waals surface area contributed by atoms with E-state index in [1.54, 1.807) is 4.57 Å². The largest absolute Gasteiger partial charge is 0.494 e. The Kier molecular flexibility index (Phi) is 5.96. The lowest BCUT2D eigenvalue weighted by Crippen LogP contribution is -2.26. The second-order valence-electron chi connectivity index (χ2n) is 9.50. The molecule has 9 nitrogen and oxygen atoms in total. The number of unbranched alkanes of at least 4 members (excludes halogenated alkanes) is 1. The van der Waals surface area contributed by atoms with Crippen LogP contribution in [0.4, 0.5) is 0 Å². The lowest BCUT2D eigenvalue weighted by molar-refractivity contribution is 0.301. The van der Waals surface area contributed by atoms with Crippen LogP contribution >= 0.6 is 0 Å². The fourth-order valence-corrected chi connectivity index (χ4v) is 5.55. The van der Waals surface area contributed by atoms with Gasteiger partial charge in [0.1, 0.15) is 5.82 Å². The number of aromatic nitrogens is 7. The van der Waals surface area contributed by atoms with E-state index in [0.29, 0.717) is 5.82 Å². The molecular weight excluding hydrogens is 466 g/mol. The van der Waals surface area contributed by atoms with Gasteiger partial charge in [-0.25, -0.2) is 4.98 Å². The van der Waals surface area contributed by atoms with Crippen LogP contribution in [0.3, 0.4) is 0 Å². The molecule has 3 aromatic heterocycles. The second-order valence-corrected chi connectivity index (χ2v) is 9.50. The molecule has 2 atom stereocenters. The number of aromatic hydroxyl groups is 2. The van der Waals surface area contributed by atoms with Crippen LogP contribution in [0, 0.1) is 0 Å². The number of hydrogen-bond acceptors (Lipinski definition) is 6. The number of fused-ring (bicyclic) bond motifs is 1. The fraction of sp³-hybridized carbons (Fsp3) is 0.286. The number of nitrogens with one attached hydrogen (secondary N) is 1. The van der Waals surface area contributed by atoms with Gasteiger partial charge in [-0.3, -0.25) is 4.57 Å². The van der Waals surface area contributed by atoms with E-state index in [2.05, 4.69) is 62.4 Å². The van der Waals surface area contributed by atoms with E-state index in [4.69, 9.17) is 4.98 Å². The normalized spacial score (nSPS) is 17.1. The third-order valence-corrected chi connectivity index (χ3v) is 7.33. The van der Waals surface area contributed by atoms with E-state index in [0.717, 1.165) is 60.3 Å². The van der Waals surface area contributed by atoms with Crippen molar-refractivity contribution in [3.63, 3.8) is 0 Å². The van der Waals surface area contributed by atoms with Crippen LogP contribution in [-0.2, 0) is 6.42 Å². The van der Waals surface area contributed by atoms with Gasteiger partial charge in [0.15, 0.2) is 11.8 Å². The summed E-state index contributed by atoms with van der Waals surface area (Å²) in [6.07, 6.45) is 6.59. The highest BCUT2D eigenvalue weighted by Crippen LogP contribution is 2.43. The van der Waals surface area contributed by atoms with Gasteiger partial charge in [0.25, 0.3) is 0 Å². The molecule has 6 rings (SSSR count). The van der Waals surface area contributed by atoms with E-state index >= 15 is 0 Å². The zero-order valence-corrected chi connectivity index (χ0v) is 20.6. The SMILES string of the molecule is CCCCc1ncc2n1C(c1ccc(-c3ccccc3-c3nn[nH]n3)cc1)CCC2n1c(O)ccc1O. The Bertz CT molecular complexity index is 1480. The van der Waals surface area contributed by atoms with Crippen molar-refractivity contribution >= 4 is 0 Å². The Morgan fingerprint density at radius 2 is 1.62 bits per heavy atom. The lowest BCUT2D eigenvalue weighted by atomic mass is 9.91. The first-order valence-electron chi connectivity index (χ1n) is 12.7. The highest BCUT2D eigenvalue weighted by Gasteiger charge is 2.33. The topological polar surface area (TPSA) is 118 Å². The minimum atomic E-state index is -0.171.